The van der Waals surface area contributed by atoms with E-state index in [4.69, 9.17) is 9.47 Å². The number of methoxy groups -OCH3 is 1. The highest BCUT2D eigenvalue weighted by atomic mass is 32.2. The molecule has 256 valence electrons. The molecule has 3 aromatic rings. The van der Waals surface area contributed by atoms with Crippen LogP contribution in [0.25, 0.3) is 22.2 Å². The Morgan fingerprint density at radius 1 is 1.02 bits per heavy atom. The summed E-state index contributed by atoms with van der Waals surface area (Å²) in [7, 11) is -2.16. The Kier molecular flexibility index (Phi) is 7.22. The smallest absolute Gasteiger partial charge is 0.264 e. The van der Waals surface area contributed by atoms with Crippen LogP contribution in [-0.4, -0.2) is 80.4 Å². The van der Waals surface area contributed by atoms with E-state index in [1.165, 1.54) is 30.4 Å². The Bertz CT molecular complexity index is 1920. The molecule has 1 aromatic heterocycles. The van der Waals surface area contributed by atoms with E-state index in [9.17, 15) is 18.0 Å². The van der Waals surface area contributed by atoms with E-state index in [-0.39, 0.29) is 25.3 Å². The predicted molar refractivity (Wildman–Crippen MR) is 184 cm³/mol. The maximum Gasteiger partial charge on any atom is 0.264 e. The van der Waals surface area contributed by atoms with Gasteiger partial charge in [0, 0.05) is 74.3 Å². The second-order valence-corrected chi connectivity index (χ2v) is 16.9. The third-order valence-electron chi connectivity index (χ3n) is 12.4. The topological polar surface area (TPSA) is 119 Å². The van der Waals surface area contributed by atoms with Crippen molar-refractivity contribution in [2.24, 2.45) is 5.41 Å². The van der Waals surface area contributed by atoms with Crippen molar-refractivity contribution in [2.45, 2.75) is 93.5 Å². The van der Waals surface area contributed by atoms with Gasteiger partial charge < -0.3 is 24.3 Å². The van der Waals surface area contributed by atoms with Crippen LogP contribution in [0.4, 0.5) is 0 Å². The second-order valence-electron chi connectivity index (χ2n) is 15.0. The van der Waals surface area contributed by atoms with Crippen LogP contribution in [0.5, 0.6) is 5.75 Å². The average Bonchev–Trinajstić information content (AvgIpc) is 3.79. The molecule has 2 N–H and O–H groups in total. The van der Waals surface area contributed by atoms with Gasteiger partial charge in [-0.2, -0.15) is 0 Å². The van der Waals surface area contributed by atoms with E-state index >= 15 is 0 Å². The minimum atomic E-state index is -3.86. The lowest BCUT2D eigenvalue weighted by Crippen LogP contribution is -2.70. The Balaban J connectivity index is 0.00000348. The highest BCUT2D eigenvalue weighted by Gasteiger charge is 2.66. The Morgan fingerprint density at radius 2 is 1.79 bits per heavy atom. The standard InChI is InChI=1S/C37H44N4O6S.H2/c1-46-26-8-10-28-30(17-26)31-18-37(31,36(43)41-24-16-25(41)20-38-19-24)21-40-32-15-23(35(42)39-48(44,45)27-11-13-47-14-12-27)7-9-29(32)33(34(28)40)22-5-3-2-4-6-22;/h7-10,15,17,22,24-25,27,31,38H,2-6,11-14,16,18-21H2,1H3,(H,39,42);1H. The van der Waals surface area contributed by atoms with Crippen molar-refractivity contribution in [3.8, 4) is 17.0 Å². The van der Waals surface area contributed by atoms with Gasteiger partial charge >= 0.3 is 0 Å². The maximum absolute atomic E-state index is 14.7. The first-order valence-corrected chi connectivity index (χ1v) is 19.4. The normalized spacial score (nSPS) is 28.4. The molecule has 2 aliphatic carbocycles. The molecule has 48 heavy (non-hydrogen) atoms. The number of nitrogens with one attached hydrogen (secondary N) is 2. The molecular weight excluding hydrogens is 628 g/mol. The number of fused-ring (bicyclic) bond motifs is 9. The fourth-order valence-corrected chi connectivity index (χ4v) is 11.1. The molecular formula is C37H46N4O6S. The summed E-state index contributed by atoms with van der Waals surface area (Å²) in [6.07, 6.45) is 8.35. The first-order valence-electron chi connectivity index (χ1n) is 17.8. The number of hydrogen-bond donors (Lipinski definition) is 2. The monoisotopic (exact) mass is 674 g/mol. The molecule has 6 aliphatic rings. The van der Waals surface area contributed by atoms with Gasteiger partial charge in [-0.1, -0.05) is 25.3 Å². The summed E-state index contributed by atoms with van der Waals surface area (Å²) < 4.78 is 42.2. The molecule has 0 radical (unpaired) electrons. The number of hydrogen-bond acceptors (Lipinski definition) is 7. The summed E-state index contributed by atoms with van der Waals surface area (Å²) in [5.41, 5.74) is 5.38. The maximum atomic E-state index is 14.7. The van der Waals surface area contributed by atoms with Gasteiger partial charge in [0.2, 0.25) is 15.9 Å². The van der Waals surface area contributed by atoms with Gasteiger partial charge in [0.15, 0.2) is 0 Å². The fraction of sp³-hybridized carbons (Fsp3) is 0.568. The second kappa shape index (κ2) is 11.3. The SMILES string of the molecule is COc1ccc2c(c1)C1CC1(C(=O)N1C3CNCC1C3)Cn1c-2c(C2CCCCC2)c2ccc(C(=O)NS(=O)(=O)C3CCOCC3)cc21.[HH]. The summed E-state index contributed by atoms with van der Waals surface area (Å²) in [5.74, 6) is 0.861. The summed E-state index contributed by atoms with van der Waals surface area (Å²) in [6.45, 7) is 2.95. The first kappa shape index (κ1) is 30.6. The molecule has 11 heteroatoms. The number of piperidine rings is 1. The molecule has 4 atom stereocenters. The molecule has 5 fully saturated rings. The van der Waals surface area contributed by atoms with Crippen LogP contribution >= 0.6 is 0 Å². The van der Waals surface area contributed by atoms with Crippen molar-refractivity contribution >= 4 is 32.7 Å². The molecule has 10 nitrogen and oxygen atoms in total. The van der Waals surface area contributed by atoms with Gasteiger partial charge in [0.1, 0.15) is 5.75 Å². The molecule has 4 aliphatic heterocycles. The summed E-state index contributed by atoms with van der Waals surface area (Å²) in [5, 5.41) is 3.91. The Labute approximate surface area is 283 Å². The van der Waals surface area contributed by atoms with Crippen LogP contribution in [0.1, 0.15) is 92.5 Å². The molecule has 0 spiro atoms. The van der Waals surface area contributed by atoms with E-state index in [2.05, 4.69) is 31.6 Å². The van der Waals surface area contributed by atoms with Gasteiger partial charge in [0.25, 0.3) is 5.91 Å². The number of nitrogens with zero attached hydrogens (tertiary/aromatic N) is 2. The fourth-order valence-electron chi connectivity index (χ4n) is 9.75. The number of piperazine rings is 1. The molecule has 9 rings (SSSR count). The Morgan fingerprint density at radius 3 is 2.52 bits per heavy atom. The minimum Gasteiger partial charge on any atom is -0.497 e. The van der Waals surface area contributed by atoms with Crippen molar-refractivity contribution in [3.63, 3.8) is 0 Å². The van der Waals surface area contributed by atoms with E-state index in [1.807, 2.05) is 18.2 Å². The highest BCUT2D eigenvalue weighted by Crippen LogP contribution is 2.66. The number of amides is 2. The summed E-state index contributed by atoms with van der Waals surface area (Å²) >= 11 is 0. The zero-order valence-corrected chi connectivity index (χ0v) is 28.3. The first-order chi connectivity index (χ1) is 23.3. The molecule has 5 heterocycles. The third-order valence-corrected chi connectivity index (χ3v) is 14.2. The highest BCUT2D eigenvalue weighted by molar-refractivity contribution is 7.90. The largest absolute Gasteiger partial charge is 0.497 e. The number of ether oxygens (including phenoxy) is 2. The zero-order valence-electron chi connectivity index (χ0n) is 27.5. The lowest BCUT2D eigenvalue weighted by Gasteiger charge is -2.54. The van der Waals surface area contributed by atoms with Crippen molar-refractivity contribution in [1.29, 1.82) is 0 Å². The predicted octanol–water partition coefficient (Wildman–Crippen LogP) is 4.91. The lowest BCUT2D eigenvalue weighted by molar-refractivity contribution is -0.154. The van der Waals surface area contributed by atoms with Crippen LogP contribution in [0.3, 0.4) is 0 Å². The van der Waals surface area contributed by atoms with Crippen molar-refractivity contribution in [3.05, 3.63) is 53.1 Å². The number of carbonyl (C=O) groups excluding carboxylic acids is 2. The van der Waals surface area contributed by atoms with E-state index in [0.29, 0.717) is 44.1 Å². The summed E-state index contributed by atoms with van der Waals surface area (Å²) in [6, 6.07) is 12.5. The van der Waals surface area contributed by atoms with Gasteiger partial charge in [-0.25, -0.2) is 13.1 Å². The third kappa shape index (κ3) is 4.67. The van der Waals surface area contributed by atoms with Crippen LogP contribution in [0.2, 0.25) is 0 Å². The van der Waals surface area contributed by atoms with Crippen molar-refractivity contribution in [1.82, 2.24) is 19.5 Å². The van der Waals surface area contributed by atoms with Gasteiger partial charge in [-0.05, 0) is 85.9 Å². The van der Waals surface area contributed by atoms with E-state index < -0.39 is 26.6 Å². The molecule has 2 amide bonds. The van der Waals surface area contributed by atoms with Gasteiger partial charge in [-0.3, -0.25) is 9.59 Å². The number of sulfonamides is 1. The van der Waals surface area contributed by atoms with E-state index in [0.717, 1.165) is 66.7 Å². The van der Waals surface area contributed by atoms with Crippen LogP contribution < -0.4 is 14.8 Å². The van der Waals surface area contributed by atoms with Crippen LogP contribution in [0.15, 0.2) is 36.4 Å². The van der Waals surface area contributed by atoms with E-state index in [1.54, 1.807) is 13.2 Å². The number of aromatic nitrogens is 1. The summed E-state index contributed by atoms with van der Waals surface area (Å²) in [4.78, 5) is 30.5. The molecule has 4 unspecified atom stereocenters. The molecule has 3 saturated heterocycles. The lowest BCUT2D eigenvalue weighted by atomic mass is 9.81. The molecule has 2 bridgehead atoms. The Hall–Kier alpha value is -3.41. The number of rotatable bonds is 6. The van der Waals surface area contributed by atoms with Crippen LogP contribution in [-0.2, 0) is 26.1 Å². The number of benzene rings is 2. The van der Waals surface area contributed by atoms with Crippen molar-refractivity contribution < 1.29 is 28.9 Å². The molecule has 2 aromatic carbocycles. The van der Waals surface area contributed by atoms with Crippen LogP contribution in [0, 0.1) is 5.41 Å². The molecule has 2 saturated carbocycles. The minimum absolute atomic E-state index is 0. The van der Waals surface area contributed by atoms with Crippen molar-refractivity contribution in [2.75, 3.05) is 33.4 Å². The number of carbonyl (C=O) groups is 2. The average molecular weight is 675 g/mol. The quantitative estimate of drug-likeness (QED) is 0.382. The zero-order chi connectivity index (χ0) is 32.8. The van der Waals surface area contributed by atoms with Gasteiger partial charge in [-0.15, -0.1) is 0 Å². The van der Waals surface area contributed by atoms with Gasteiger partial charge in [0.05, 0.1) is 23.5 Å².